The third-order valence-electron chi connectivity index (χ3n) is 10.1. The van der Waals surface area contributed by atoms with Gasteiger partial charge in [-0.15, -0.1) is 0 Å². The lowest BCUT2D eigenvalue weighted by atomic mass is 9.36. The normalized spacial score (nSPS) is 13.4. The van der Waals surface area contributed by atoms with Crippen LogP contribution in [0.3, 0.4) is 0 Å². The minimum absolute atomic E-state index is 0.256. The summed E-state index contributed by atoms with van der Waals surface area (Å²) in [6.07, 6.45) is 0. The van der Waals surface area contributed by atoms with Gasteiger partial charge in [0.1, 0.15) is 0 Å². The Labute approximate surface area is 235 Å². The van der Waals surface area contributed by atoms with Crippen LogP contribution in [0.2, 0.25) is 0 Å². The van der Waals surface area contributed by atoms with Crippen molar-refractivity contribution in [2.75, 3.05) is 4.90 Å². The molecule has 1 nitrogen and oxygen atoms in total. The van der Waals surface area contributed by atoms with E-state index >= 15 is 0 Å². The van der Waals surface area contributed by atoms with Gasteiger partial charge in [0.15, 0.2) is 0 Å². The Morgan fingerprint density at radius 3 is 1.95 bits per heavy atom. The number of anilines is 3. The lowest BCUT2D eigenvalue weighted by molar-refractivity contribution is 1.19. The van der Waals surface area contributed by atoms with E-state index in [0.29, 0.717) is 0 Å². The lowest BCUT2D eigenvalue weighted by Crippen LogP contribution is -2.56. The van der Waals surface area contributed by atoms with Crippen LogP contribution < -0.4 is 21.3 Å². The molecular formula is C38H28BN. The molecule has 7 aromatic rings. The topological polar surface area (TPSA) is 3.24 Å². The SMILES string of the molecule is Cc1c(C)c(C)c2c(c1C)B1c3ccccc3-c3cccc(c31)N2c1ccc2ccc3cccc4ccc1c2c34. The summed E-state index contributed by atoms with van der Waals surface area (Å²) in [6, 6.07) is 36.6. The number of hydrogen-bond acceptors (Lipinski definition) is 1. The van der Waals surface area contributed by atoms with Crippen LogP contribution in [-0.2, 0) is 0 Å². The van der Waals surface area contributed by atoms with Crippen LogP contribution in [0.4, 0.5) is 17.1 Å². The molecule has 2 heteroatoms. The van der Waals surface area contributed by atoms with Gasteiger partial charge in [0.25, 0.3) is 0 Å². The van der Waals surface area contributed by atoms with E-state index < -0.39 is 0 Å². The van der Waals surface area contributed by atoms with Gasteiger partial charge in [-0.1, -0.05) is 96.0 Å². The summed E-state index contributed by atoms with van der Waals surface area (Å²) in [5.74, 6) is 0. The van der Waals surface area contributed by atoms with E-state index in [0.717, 1.165) is 0 Å². The zero-order valence-electron chi connectivity index (χ0n) is 23.3. The highest BCUT2D eigenvalue weighted by Crippen LogP contribution is 2.47. The first-order chi connectivity index (χ1) is 19.5. The summed E-state index contributed by atoms with van der Waals surface area (Å²) in [6.45, 7) is 9.54. The molecule has 188 valence electrons. The van der Waals surface area contributed by atoms with E-state index in [-0.39, 0.29) is 6.71 Å². The summed E-state index contributed by atoms with van der Waals surface area (Å²) in [5.41, 5.74) is 16.7. The molecule has 0 bridgehead atoms. The standard InChI is InChI=1S/C38H28BN/c1-21-22(2)24(4)38-36(23(21)3)39-31-13-6-5-11-28(31)29-12-8-14-33(37(29)39)40(38)32-20-18-27-16-15-25-9-7-10-26-17-19-30(32)35(27)34(25)26/h5-20H,1-4H3. The maximum absolute atomic E-state index is 2.61. The highest BCUT2D eigenvalue weighted by Gasteiger charge is 2.44. The molecule has 2 aliphatic rings. The molecule has 0 radical (unpaired) electrons. The Kier molecular flexibility index (Phi) is 4.20. The van der Waals surface area contributed by atoms with E-state index in [1.165, 1.54) is 99.1 Å². The molecule has 7 aromatic carbocycles. The van der Waals surface area contributed by atoms with E-state index in [9.17, 15) is 0 Å². The summed E-state index contributed by atoms with van der Waals surface area (Å²) >= 11 is 0. The first-order valence-corrected chi connectivity index (χ1v) is 14.3. The van der Waals surface area contributed by atoms with E-state index in [4.69, 9.17) is 0 Å². The Balaban J connectivity index is 1.46. The molecule has 9 rings (SSSR count). The maximum atomic E-state index is 2.61. The average molecular weight is 509 g/mol. The highest BCUT2D eigenvalue weighted by atomic mass is 15.2. The Morgan fingerprint density at radius 1 is 0.475 bits per heavy atom. The smallest absolute Gasteiger partial charge is 0.248 e. The summed E-state index contributed by atoms with van der Waals surface area (Å²) in [5, 5.41) is 7.97. The number of fused-ring (bicyclic) bond motifs is 5. The van der Waals surface area contributed by atoms with Crippen molar-refractivity contribution >= 4 is 72.5 Å². The van der Waals surface area contributed by atoms with Gasteiger partial charge in [-0.3, -0.25) is 0 Å². The third kappa shape index (κ3) is 2.55. The number of rotatable bonds is 1. The summed E-state index contributed by atoms with van der Waals surface area (Å²) in [7, 11) is 0. The molecule has 2 heterocycles. The quantitative estimate of drug-likeness (QED) is 0.160. The van der Waals surface area contributed by atoms with E-state index in [2.05, 4.69) is 130 Å². The fourth-order valence-corrected chi connectivity index (χ4v) is 7.98. The average Bonchev–Trinajstić information content (AvgIpc) is 3.33. The van der Waals surface area contributed by atoms with Crippen molar-refractivity contribution in [2.24, 2.45) is 0 Å². The molecule has 0 N–H and O–H groups in total. The van der Waals surface area contributed by atoms with Crippen molar-refractivity contribution < 1.29 is 0 Å². The van der Waals surface area contributed by atoms with Crippen LogP contribution in [0, 0.1) is 27.7 Å². The monoisotopic (exact) mass is 509 g/mol. The third-order valence-corrected chi connectivity index (χ3v) is 10.1. The molecule has 0 saturated carbocycles. The molecule has 0 amide bonds. The van der Waals surface area contributed by atoms with Crippen LogP contribution >= 0.6 is 0 Å². The van der Waals surface area contributed by atoms with Crippen molar-refractivity contribution in [2.45, 2.75) is 27.7 Å². The van der Waals surface area contributed by atoms with Crippen molar-refractivity contribution in [1.29, 1.82) is 0 Å². The van der Waals surface area contributed by atoms with Gasteiger partial charge < -0.3 is 4.90 Å². The van der Waals surface area contributed by atoms with Crippen LogP contribution in [0.25, 0.3) is 43.4 Å². The van der Waals surface area contributed by atoms with Gasteiger partial charge in [-0.25, -0.2) is 0 Å². The molecule has 0 spiro atoms. The van der Waals surface area contributed by atoms with Crippen molar-refractivity contribution in [1.82, 2.24) is 0 Å². The molecule has 2 aliphatic heterocycles. The molecule has 0 unspecified atom stereocenters. The highest BCUT2D eigenvalue weighted by molar-refractivity contribution is 7.01. The molecular weight excluding hydrogens is 481 g/mol. The second-order valence-electron chi connectivity index (χ2n) is 11.8. The molecule has 0 aromatic heterocycles. The van der Waals surface area contributed by atoms with Crippen molar-refractivity contribution in [3.8, 4) is 11.1 Å². The van der Waals surface area contributed by atoms with Crippen molar-refractivity contribution in [3.63, 3.8) is 0 Å². The van der Waals surface area contributed by atoms with E-state index in [1.807, 2.05) is 0 Å². The van der Waals surface area contributed by atoms with Crippen LogP contribution in [0.5, 0.6) is 0 Å². The first kappa shape index (κ1) is 22.3. The lowest BCUT2D eigenvalue weighted by Gasteiger charge is -2.39. The first-order valence-electron chi connectivity index (χ1n) is 14.3. The zero-order chi connectivity index (χ0) is 26.9. The van der Waals surface area contributed by atoms with Crippen LogP contribution in [-0.4, -0.2) is 6.71 Å². The number of nitrogens with zero attached hydrogens (tertiary/aromatic N) is 1. The van der Waals surface area contributed by atoms with Gasteiger partial charge in [0.05, 0.1) is 5.69 Å². The van der Waals surface area contributed by atoms with Crippen molar-refractivity contribution in [3.05, 3.63) is 119 Å². The predicted octanol–water partition coefficient (Wildman–Crippen LogP) is 8.10. The van der Waals surface area contributed by atoms with Gasteiger partial charge in [0, 0.05) is 16.8 Å². The molecule has 0 aliphatic carbocycles. The van der Waals surface area contributed by atoms with Crippen LogP contribution in [0.1, 0.15) is 22.3 Å². The Bertz CT molecular complexity index is 2210. The fourth-order valence-electron chi connectivity index (χ4n) is 7.98. The second-order valence-corrected chi connectivity index (χ2v) is 11.8. The fraction of sp³-hybridized carbons (Fsp3) is 0.105. The minimum atomic E-state index is 0.256. The molecule has 40 heavy (non-hydrogen) atoms. The number of benzene rings is 7. The zero-order valence-corrected chi connectivity index (χ0v) is 23.3. The predicted molar refractivity (Wildman–Crippen MR) is 174 cm³/mol. The molecule has 0 fully saturated rings. The Morgan fingerprint density at radius 2 is 1.12 bits per heavy atom. The van der Waals surface area contributed by atoms with Gasteiger partial charge >= 0.3 is 0 Å². The summed E-state index contributed by atoms with van der Waals surface area (Å²) < 4.78 is 0. The van der Waals surface area contributed by atoms with Gasteiger partial charge in [-0.05, 0) is 106 Å². The van der Waals surface area contributed by atoms with E-state index in [1.54, 1.807) is 0 Å². The largest absolute Gasteiger partial charge is 0.311 e. The molecule has 0 atom stereocenters. The van der Waals surface area contributed by atoms with Gasteiger partial charge in [0.2, 0.25) is 6.71 Å². The van der Waals surface area contributed by atoms with Gasteiger partial charge in [-0.2, -0.15) is 0 Å². The maximum Gasteiger partial charge on any atom is 0.248 e. The number of hydrogen-bond donors (Lipinski definition) is 0. The second kappa shape index (κ2) is 7.55. The Hall–Kier alpha value is -4.56. The van der Waals surface area contributed by atoms with Crippen LogP contribution in [0.15, 0.2) is 97.1 Å². The molecule has 0 saturated heterocycles. The summed E-state index contributed by atoms with van der Waals surface area (Å²) in [4.78, 5) is 2.61. The minimum Gasteiger partial charge on any atom is -0.311 e.